The second kappa shape index (κ2) is 9.50. The lowest BCUT2D eigenvalue weighted by Gasteiger charge is -2.10. The van der Waals surface area contributed by atoms with Crippen molar-refractivity contribution in [1.29, 1.82) is 0 Å². The molecular weight excluding hydrogens is 354 g/mol. The average molecular weight is 375 g/mol. The zero-order valence-electron chi connectivity index (χ0n) is 15.1. The van der Waals surface area contributed by atoms with Gasteiger partial charge in [0.2, 0.25) is 0 Å². The predicted molar refractivity (Wildman–Crippen MR) is 115 cm³/mol. The summed E-state index contributed by atoms with van der Waals surface area (Å²) in [5.74, 6) is 0.769. The van der Waals surface area contributed by atoms with Gasteiger partial charge in [-0.15, -0.1) is 0 Å². The monoisotopic (exact) mass is 375 g/mol. The Kier molecular flexibility index (Phi) is 6.55. The molecule has 0 radical (unpaired) electrons. The first-order valence-corrected chi connectivity index (χ1v) is 9.04. The highest BCUT2D eigenvalue weighted by atomic mass is 32.1. The van der Waals surface area contributed by atoms with Crippen LogP contribution in [0.5, 0.6) is 5.75 Å². The Labute approximate surface area is 164 Å². The van der Waals surface area contributed by atoms with E-state index in [0.717, 1.165) is 22.6 Å². The highest BCUT2D eigenvalue weighted by Crippen LogP contribution is 2.17. The van der Waals surface area contributed by atoms with Gasteiger partial charge in [0.05, 0.1) is 6.21 Å². The van der Waals surface area contributed by atoms with Gasteiger partial charge in [0.25, 0.3) is 0 Å². The Morgan fingerprint density at radius 1 is 0.963 bits per heavy atom. The summed E-state index contributed by atoms with van der Waals surface area (Å²) in [4.78, 5) is 0. The third-order valence-corrected chi connectivity index (χ3v) is 4.03. The quantitative estimate of drug-likeness (QED) is 0.366. The van der Waals surface area contributed by atoms with Crippen molar-refractivity contribution in [3.63, 3.8) is 0 Å². The molecule has 0 aliphatic carbocycles. The molecule has 0 bridgehead atoms. The van der Waals surface area contributed by atoms with Gasteiger partial charge in [-0.05, 0) is 49.0 Å². The first-order chi connectivity index (χ1) is 13.2. The minimum Gasteiger partial charge on any atom is -0.488 e. The Hall–Kier alpha value is -3.18. The van der Waals surface area contributed by atoms with Gasteiger partial charge in [0, 0.05) is 11.3 Å². The summed E-state index contributed by atoms with van der Waals surface area (Å²) in [6.07, 6.45) is 1.70. The molecule has 2 N–H and O–H groups in total. The van der Waals surface area contributed by atoms with Crippen LogP contribution in [0.3, 0.4) is 0 Å². The standard InChI is InChI=1S/C22H21N3OS/c1-17-11-13-18(14-12-17)16-26-21-10-6-5-7-19(21)15-23-25-22(27)24-20-8-3-2-4-9-20/h2-15H,16H2,1H3,(H2,24,25,27)/b23-15-. The van der Waals surface area contributed by atoms with Crippen molar-refractivity contribution in [2.75, 3.05) is 5.32 Å². The number of ether oxygens (including phenoxy) is 1. The van der Waals surface area contributed by atoms with E-state index in [1.54, 1.807) is 6.21 Å². The van der Waals surface area contributed by atoms with Gasteiger partial charge < -0.3 is 10.1 Å². The fraction of sp³-hybridized carbons (Fsp3) is 0.0909. The lowest BCUT2D eigenvalue weighted by Crippen LogP contribution is -2.23. The lowest BCUT2D eigenvalue weighted by atomic mass is 10.1. The van der Waals surface area contributed by atoms with Crippen LogP contribution in [0.25, 0.3) is 0 Å². The summed E-state index contributed by atoms with van der Waals surface area (Å²) in [6, 6.07) is 25.8. The molecule has 3 aromatic rings. The Morgan fingerprint density at radius 3 is 2.44 bits per heavy atom. The van der Waals surface area contributed by atoms with Gasteiger partial charge in [-0.1, -0.05) is 60.2 Å². The highest BCUT2D eigenvalue weighted by molar-refractivity contribution is 7.80. The third kappa shape index (κ3) is 5.94. The van der Waals surface area contributed by atoms with Crippen LogP contribution in [0.15, 0.2) is 84.0 Å². The lowest BCUT2D eigenvalue weighted by molar-refractivity contribution is 0.306. The number of nitrogens with zero attached hydrogens (tertiary/aromatic N) is 1. The number of benzene rings is 3. The molecule has 5 heteroatoms. The molecule has 0 saturated carbocycles. The van der Waals surface area contributed by atoms with Gasteiger partial charge in [-0.3, -0.25) is 5.43 Å². The SMILES string of the molecule is Cc1ccc(COc2ccccc2/C=N\NC(=S)Nc2ccccc2)cc1. The third-order valence-electron chi connectivity index (χ3n) is 3.84. The topological polar surface area (TPSA) is 45.6 Å². The molecule has 27 heavy (non-hydrogen) atoms. The predicted octanol–water partition coefficient (Wildman–Crippen LogP) is 4.89. The van der Waals surface area contributed by atoms with Crippen molar-refractivity contribution in [3.8, 4) is 5.75 Å². The second-order valence-corrected chi connectivity index (χ2v) is 6.41. The second-order valence-electron chi connectivity index (χ2n) is 6.00. The molecule has 0 unspecified atom stereocenters. The van der Waals surface area contributed by atoms with Crippen molar-refractivity contribution in [3.05, 3.63) is 95.6 Å². The maximum atomic E-state index is 5.95. The highest BCUT2D eigenvalue weighted by Gasteiger charge is 2.02. The molecule has 0 atom stereocenters. The van der Waals surface area contributed by atoms with Gasteiger partial charge in [-0.2, -0.15) is 5.10 Å². The van der Waals surface area contributed by atoms with Crippen LogP contribution >= 0.6 is 12.2 Å². The molecule has 0 saturated heterocycles. The summed E-state index contributed by atoms with van der Waals surface area (Å²) in [7, 11) is 0. The van der Waals surface area contributed by atoms with Crippen LogP contribution in [-0.4, -0.2) is 11.3 Å². The number of hydrogen-bond donors (Lipinski definition) is 2. The van der Waals surface area contributed by atoms with E-state index in [4.69, 9.17) is 17.0 Å². The maximum Gasteiger partial charge on any atom is 0.191 e. The number of hydrazone groups is 1. The summed E-state index contributed by atoms with van der Waals surface area (Å²) < 4.78 is 5.95. The molecule has 0 aromatic heterocycles. The molecule has 0 amide bonds. The van der Waals surface area contributed by atoms with E-state index < -0.39 is 0 Å². The zero-order valence-corrected chi connectivity index (χ0v) is 15.9. The fourth-order valence-corrected chi connectivity index (χ4v) is 2.58. The summed E-state index contributed by atoms with van der Waals surface area (Å²) in [5.41, 5.74) is 6.96. The van der Waals surface area contributed by atoms with Crippen molar-refractivity contribution in [2.24, 2.45) is 5.10 Å². The zero-order chi connectivity index (χ0) is 18.9. The molecule has 3 rings (SSSR count). The van der Waals surface area contributed by atoms with Crippen molar-refractivity contribution < 1.29 is 4.74 Å². The molecular formula is C22H21N3OS. The number of para-hydroxylation sites is 2. The van der Waals surface area contributed by atoms with Crippen LogP contribution in [0, 0.1) is 6.92 Å². The Balaban J connectivity index is 1.57. The van der Waals surface area contributed by atoms with Gasteiger partial charge in [-0.25, -0.2) is 0 Å². The molecule has 4 nitrogen and oxygen atoms in total. The number of nitrogens with one attached hydrogen (secondary N) is 2. The summed E-state index contributed by atoms with van der Waals surface area (Å²) in [6.45, 7) is 2.58. The van der Waals surface area contributed by atoms with E-state index in [1.165, 1.54) is 5.56 Å². The van der Waals surface area contributed by atoms with E-state index in [2.05, 4.69) is 47.0 Å². The van der Waals surface area contributed by atoms with Crippen LogP contribution in [-0.2, 0) is 6.61 Å². The number of thiocarbonyl (C=S) groups is 1. The molecule has 0 aliphatic heterocycles. The Morgan fingerprint density at radius 2 is 1.67 bits per heavy atom. The van der Waals surface area contributed by atoms with Crippen LogP contribution in [0.4, 0.5) is 5.69 Å². The number of rotatable bonds is 6. The fourth-order valence-electron chi connectivity index (χ4n) is 2.40. The van der Waals surface area contributed by atoms with E-state index in [1.807, 2.05) is 54.6 Å². The van der Waals surface area contributed by atoms with Gasteiger partial charge in [0.1, 0.15) is 12.4 Å². The van der Waals surface area contributed by atoms with Crippen LogP contribution < -0.4 is 15.5 Å². The average Bonchev–Trinajstić information content (AvgIpc) is 2.69. The number of hydrogen-bond acceptors (Lipinski definition) is 3. The largest absolute Gasteiger partial charge is 0.488 e. The van der Waals surface area contributed by atoms with Crippen LogP contribution in [0.2, 0.25) is 0 Å². The van der Waals surface area contributed by atoms with Crippen molar-refractivity contribution >= 4 is 29.2 Å². The molecule has 3 aromatic carbocycles. The molecule has 0 fully saturated rings. The van der Waals surface area contributed by atoms with Gasteiger partial charge in [0.15, 0.2) is 5.11 Å². The summed E-state index contributed by atoms with van der Waals surface area (Å²) in [5, 5.41) is 7.70. The molecule has 0 heterocycles. The van der Waals surface area contributed by atoms with E-state index in [9.17, 15) is 0 Å². The molecule has 0 aliphatic rings. The van der Waals surface area contributed by atoms with Crippen LogP contribution in [0.1, 0.15) is 16.7 Å². The minimum absolute atomic E-state index is 0.426. The number of aryl methyl sites for hydroxylation is 1. The molecule has 0 spiro atoms. The number of anilines is 1. The normalized spacial score (nSPS) is 10.6. The smallest absolute Gasteiger partial charge is 0.191 e. The van der Waals surface area contributed by atoms with Gasteiger partial charge >= 0.3 is 0 Å². The van der Waals surface area contributed by atoms with Crippen molar-refractivity contribution in [2.45, 2.75) is 13.5 Å². The van der Waals surface area contributed by atoms with E-state index >= 15 is 0 Å². The maximum absolute atomic E-state index is 5.95. The molecule has 136 valence electrons. The minimum atomic E-state index is 0.426. The van der Waals surface area contributed by atoms with E-state index in [-0.39, 0.29) is 0 Å². The van der Waals surface area contributed by atoms with E-state index in [0.29, 0.717) is 11.7 Å². The first kappa shape index (κ1) is 18.6. The Bertz CT molecular complexity index is 908. The first-order valence-electron chi connectivity index (χ1n) is 8.63. The van der Waals surface area contributed by atoms with Crippen molar-refractivity contribution in [1.82, 2.24) is 5.43 Å². The summed E-state index contributed by atoms with van der Waals surface area (Å²) >= 11 is 5.24.